The molecule has 0 unspecified atom stereocenters. The second kappa shape index (κ2) is 8.13. The first-order valence-corrected chi connectivity index (χ1v) is 9.91. The number of piperazine rings is 1. The fraction of sp³-hybridized carbons (Fsp3) is 0.421. The lowest BCUT2D eigenvalue weighted by Gasteiger charge is -2.34. The smallest absolute Gasteiger partial charge is 0.312 e. The monoisotopic (exact) mass is 427 g/mol. The predicted molar refractivity (Wildman–Crippen MR) is 106 cm³/mol. The van der Waals surface area contributed by atoms with Gasteiger partial charge in [-0.25, -0.2) is 4.68 Å². The van der Waals surface area contributed by atoms with Gasteiger partial charge in [0.1, 0.15) is 0 Å². The van der Waals surface area contributed by atoms with Gasteiger partial charge in [0.05, 0.1) is 16.3 Å². The Bertz CT molecular complexity index is 1050. The van der Waals surface area contributed by atoms with Crippen LogP contribution in [0.15, 0.2) is 24.3 Å². The number of hydrogen-bond donors (Lipinski definition) is 1. The summed E-state index contributed by atoms with van der Waals surface area (Å²) >= 11 is 0. The molecule has 1 aromatic heterocycles. The number of nitro benzene ring substituents is 1. The summed E-state index contributed by atoms with van der Waals surface area (Å²) in [4.78, 5) is 50.6. The molecule has 31 heavy (non-hydrogen) atoms. The number of carbonyl (C=O) groups excluding carboxylic acids is 3. The molecule has 162 valence electrons. The van der Waals surface area contributed by atoms with Crippen LogP contribution in [0.5, 0.6) is 0 Å². The minimum Gasteiger partial charge on any atom is -0.345 e. The van der Waals surface area contributed by atoms with E-state index in [1.807, 2.05) is 0 Å². The van der Waals surface area contributed by atoms with Crippen LogP contribution in [-0.2, 0) is 9.59 Å². The Morgan fingerprint density at radius 3 is 2.45 bits per heavy atom. The molecule has 1 aliphatic heterocycles. The first-order valence-electron chi connectivity index (χ1n) is 9.91. The van der Waals surface area contributed by atoms with Gasteiger partial charge in [-0.3, -0.25) is 24.5 Å². The number of nitrogens with zero attached hydrogens (tertiary/aromatic N) is 6. The van der Waals surface area contributed by atoms with Gasteiger partial charge in [0.25, 0.3) is 11.6 Å². The zero-order chi connectivity index (χ0) is 22.1. The first-order chi connectivity index (χ1) is 14.8. The number of non-ortho nitro benzene ring substituents is 1. The lowest BCUT2D eigenvalue weighted by atomic mass is 10.2. The maximum absolute atomic E-state index is 12.9. The van der Waals surface area contributed by atoms with E-state index in [9.17, 15) is 24.5 Å². The van der Waals surface area contributed by atoms with Crippen LogP contribution in [0.1, 0.15) is 29.0 Å². The first kappa shape index (κ1) is 20.4. The summed E-state index contributed by atoms with van der Waals surface area (Å²) in [6.07, 6.45) is 1.80. The minimum absolute atomic E-state index is 0.0909. The number of carbonyl (C=O) groups is 3. The summed E-state index contributed by atoms with van der Waals surface area (Å²) in [6.45, 7) is 2.70. The highest BCUT2D eigenvalue weighted by atomic mass is 16.6. The molecular weight excluding hydrogens is 406 g/mol. The fourth-order valence-electron chi connectivity index (χ4n) is 3.39. The SMILES string of the molecule is Cc1c(C(=O)N2CCN(C(=O)C(=O)NC3CC3)CC2)nnn1-c1cccc([N+](=O)[O-])c1. The van der Waals surface area contributed by atoms with Crippen LogP contribution in [-0.4, -0.2) is 79.7 Å². The van der Waals surface area contributed by atoms with Gasteiger partial charge in [-0.05, 0) is 25.8 Å². The number of rotatable bonds is 4. The molecule has 3 amide bonds. The number of amides is 3. The third-order valence-electron chi connectivity index (χ3n) is 5.34. The predicted octanol–water partition coefficient (Wildman–Crippen LogP) is 0.0469. The number of hydrogen-bond acceptors (Lipinski definition) is 7. The van der Waals surface area contributed by atoms with E-state index >= 15 is 0 Å². The third-order valence-corrected chi connectivity index (χ3v) is 5.34. The molecule has 1 aliphatic carbocycles. The second-order valence-corrected chi connectivity index (χ2v) is 7.54. The molecule has 4 rings (SSSR count). The van der Waals surface area contributed by atoms with Gasteiger partial charge in [-0.15, -0.1) is 5.10 Å². The van der Waals surface area contributed by atoms with Crippen molar-refractivity contribution in [2.24, 2.45) is 0 Å². The number of aromatic nitrogens is 3. The normalized spacial score (nSPS) is 16.2. The van der Waals surface area contributed by atoms with Crippen LogP contribution in [0, 0.1) is 17.0 Å². The molecule has 12 heteroatoms. The standard InChI is InChI=1S/C19H21N7O5/c1-12-16(21-22-25(12)14-3-2-4-15(11-14)26(30)31)18(28)23-7-9-24(10-8-23)19(29)17(27)20-13-5-6-13/h2-4,11,13H,5-10H2,1H3,(H,20,27). The van der Waals surface area contributed by atoms with Crippen molar-refractivity contribution in [3.63, 3.8) is 0 Å². The van der Waals surface area contributed by atoms with Crippen LogP contribution in [0.25, 0.3) is 5.69 Å². The largest absolute Gasteiger partial charge is 0.345 e. The summed E-state index contributed by atoms with van der Waals surface area (Å²) in [5.74, 6) is -1.52. The summed E-state index contributed by atoms with van der Waals surface area (Å²) in [5, 5.41) is 21.6. The van der Waals surface area contributed by atoms with Crippen LogP contribution >= 0.6 is 0 Å². The summed E-state index contributed by atoms with van der Waals surface area (Å²) in [7, 11) is 0. The van der Waals surface area contributed by atoms with Crippen molar-refractivity contribution < 1.29 is 19.3 Å². The van der Waals surface area contributed by atoms with E-state index in [1.165, 1.54) is 27.8 Å². The van der Waals surface area contributed by atoms with E-state index in [1.54, 1.807) is 17.9 Å². The fourth-order valence-corrected chi connectivity index (χ4v) is 3.39. The topological polar surface area (TPSA) is 144 Å². The van der Waals surface area contributed by atoms with Gasteiger partial charge in [0.15, 0.2) is 5.69 Å². The number of nitrogens with one attached hydrogen (secondary N) is 1. The van der Waals surface area contributed by atoms with Gasteiger partial charge < -0.3 is 15.1 Å². The summed E-state index contributed by atoms with van der Waals surface area (Å²) in [6, 6.07) is 6.00. The van der Waals surface area contributed by atoms with Gasteiger partial charge >= 0.3 is 11.8 Å². The molecule has 1 N–H and O–H groups in total. The Morgan fingerprint density at radius 1 is 1.13 bits per heavy atom. The van der Waals surface area contributed by atoms with E-state index in [0.717, 1.165) is 12.8 Å². The molecule has 0 radical (unpaired) electrons. The molecule has 2 aliphatic rings. The Morgan fingerprint density at radius 2 is 1.81 bits per heavy atom. The molecule has 12 nitrogen and oxygen atoms in total. The van der Waals surface area contributed by atoms with Crippen molar-refractivity contribution in [1.82, 2.24) is 30.1 Å². The van der Waals surface area contributed by atoms with Crippen molar-refractivity contribution in [3.8, 4) is 5.69 Å². The van der Waals surface area contributed by atoms with Crippen molar-refractivity contribution >= 4 is 23.4 Å². The summed E-state index contributed by atoms with van der Waals surface area (Å²) in [5.41, 5.74) is 0.924. The second-order valence-electron chi connectivity index (χ2n) is 7.54. The van der Waals surface area contributed by atoms with Gasteiger partial charge in [-0.2, -0.15) is 0 Å². The van der Waals surface area contributed by atoms with Crippen LogP contribution in [0.2, 0.25) is 0 Å². The molecule has 0 spiro atoms. The van der Waals surface area contributed by atoms with Gasteiger partial charge in [0, 0.05) is 44.4 Å². The molecule has 1 saturated carbocycles. The van der Waals surface area contributed by atoms with Crippen LogP contribution < -0.4 is 5.32 Å². The van der Waals surface area contributed by atoms with Crippen molar-refractivity contribution in [2.75, 3.05) is 26.2 Å². The zero-order valence-corrected chi connectivity index (χ0v) is 16.9. The molecule has 1 saturated heterocycles. The maximum Gasteiger partial charge on any atom is 0.312 e. The molecule has 2 heterocycles. The Balaban J connectivity index is 1.41. The van der Waals surface area contributed by atoms with E-state index in [-0.39, 0.29) is 49.5 Å². The molecule has 0 atom stereocenters. The quantitative estimate of drug-likeness (QED) is 0.412. The number of benzene rings is 1. The highest BCUT2D eigenvalue weighted by molar-refractivity contribution is 6.35. The summed E-state index contributed by atoms with van der Waals surface area (Å²) < 4.78 is 1.38. The highest BCUT2D eigenvalue weighted by Crippen LogP contribution is 2.20. The number of nitro groups is 1. The Hall–Kier alpha value is -3.83. The van der Waals surface area contributed by atoms with Crippen LogP contribution in [0.3, 0.4) is 0 Å². The van der Waals surface area contributed by atoms with Crippen LogP contribution in [0.4, 0.5) is 5.69 Å². The zero-order valence-electron chi connectivity index (χ0n) is 16.9. The molecule has 1 aromatic carbocycles. The average molecular weight is 427 g/mol. The molecular formula is C19H21N7O5. The van der Waals surface area contributed by atoms with Crippen molar-refractivity contribution in [2.45, 2.75) is 25.8 Å². The van der Waals surface area contributed by atoms with E-state index < -0.39 is 16.7 Å². The molecule has 0 bridgehead atoms. The van der Waals surface area contributed by atoms with Gasteiger partial charge in [0.2, 0.25) is 0 Å². The lowest BCUT2D eigenvalue weighted by molar-refractivity contribution is -0.384. The average Bonchev–Trinajstić information content (AvgIpc) is 3.51. The maximum atomic E-state index is 12.9. The highest BCUT2D eigenvalue weighted by Gasteiger charge is 2.32. The molecule has 2 aromatic rings. The van der Waals surface area contributed by atoms with Crippen molar-refractivity contribution in [1.29, 1.82) is 0 Å². The van der Waals surface area contributed by atoms with Gasteiger partial charge in [-0.1, -0.05) is 11.3 Å². The Labute approximate surface area is 176 Å². The van der Waals surface area contributed by atoms with Crippen molar-refractivity contribution in [3.05, 3.63) is 45.8 Å². The van der Waals surface area contributed by atoms with E-state index in [4.69, 9.17) is 0 Å². The molecule has 2 fully saturated rings. The lowest BCUT2D eigenvalue weighted by Crippen LogP contribution is -2.54. The minimum atomic E-state index is -0.599. The third kappa shape index (κ3) is 4.22. The van der Waals surface area contributed by atoms with E-state index in [2.05, 4.69) is 15.6 Å². The van der Waals surface area contributed by atoms with E-state index in [0.29, 0.717) is 11.4 Å². The Kier molecular flexibility index (Phi) is 5.36.